The van der Waals surface area contributed by atoms with E-state index in [1.165, 1.54) is 31.2 Å². The van der Waals surface area contributed by atoms with Crippen molar-refractivity contribution in [3.05, 3.63) is 23.9 Å². The molecule has 1 aromatic heterocycles. The molecule has 0 spiro atoms. The van der Waals surface area contributed by atoms with E-state index in [4.69, 9.17) is 9.47 Å². The molecule has 7 heteroatoms. The van der Waals surface area contributed by atoms with Gasteiger partial charge in [0.15, 0.2) is 5.96 Å². The maximum Gasteiger partial charge on any atom is 0.193 e. The molecule has 30 heavy (non-hydrogen) atoms. The maximum atomic E-state index is 5.98. The lowest BCUT2D eigenvalue weighted by molar-refractivity contribution is 0.00989. The van der Waals surface area contributed by atoms with Gasteiger partial charge in [0.25, 0.3) is 0 Å². The molecule has 2 saturated heterocycles. The molecule has 0 aromatic carbocycles. The van der Waals surface area contributed by atoms with Crippen LogP contribution in [0.25, 0.3) is 0 Å². The Morgan fingerprint density at radius 1 is 1.13 bits per heavy atom. The van der Waals surface area contributed by atoms with Crippen molar-refractivity contribution in [2.75, 3.05) is 58.5 Å². The van der Waals surface area contributed by atoms with E-state index < -0.39 is 0 Å². The first-order valence-electron chi connectivity index (χ1n) is 11.6. The quantitative estimate of drug-likeness (QED) is 0.399. The summed E-state index contributed by atoms with van der Waals surface area (Å²) < 4.78 is 11.1. The van der Waals surface area contributed by atoms with E-state index in [2.05, 4.69) is 37.2 Å². The van der Waals surface area contributed by atoms with E-state index in [1.54, 1.807) is 7.11 Å². The lowest BCUT2D eigenvalue weighted by Crippen LogP contribution is -2.46. The number of methoxy groups -OCH3 is 1. The zero-order valence-corrected chi connectivity index (χ0v) is 18.8. The molecule has 3 heterocycles. The summed E-state index contributed by atoms with van der Waals surface area (Å²) >= 11 is 0. The smallest absolute Gasteiger partial charge is 0.193 e. The summed E-state index contributed by atoms with van der Waals surface area (Å²) in [6.45, 7) is 6.51. The van der Waals surface area contributed by atoms with Crippen LogP contribution in [0.5, 0.6) is 0 Å². The number of likely N-dealkylation sites (tertiary alicyclic amines) is 1. The second kappa shape index (κ2) is 12.7. The largest absolute Gasteiger partial charge is 0.385 e. The predicted molar refractivity (Wildman–Crippen MR) is 122 cm³/mol. The van der Waals surface area contributed by atoms with Crippen molar-refractivity contribution in [1.82, 2.24) is 15.2 Å². The van der Waals surface area contributed by atoms with Crippen LogP contribution in [0.3, 0.4) is 0 Å². The van der Waals surface area contributed by atoms with Crippen LogP contribution in [-0.4, -0.2) is 75.5 Å². The average molecular weight is 418 g/mol. The molecule has 0 amide bonds. The third-order valence-corrected chi connectivity index (χ3v) is 5.99. The highest BCUT2D eigenvalue weighted by atomic mass is 16.5. The number of hydrogen-bond acceptors (Lipinski definition) is 5. The van der Waals surface area contributed by atoms with Gasteiger partial charge >= 0.3 is 0 Å². The Morgan fingerprint density at radius 3 is 2.60 bits per heavy atom. The number of anilines is 1. The number of hydrogen-bond donors (Lipinski definition) is 1. The van der Waals surface area contributed by atoms with E-state index in [1.807, 2.05) is 13.2 Å². The molecule has 2 aliphatic heterocycles. The van der Waals surface area contributed by atoms with Crippen LogP contribution in [0, 0.1) is 0 Å². The van der Waals surface area contributed by atoms with E-state index >= 15 is 0 Å². The highest BCUT2D eigenvalue weighted by Gasteiger charge is 2.22. The minimum absolute atomic E-state index is 0.354. The highest BCUT2D eigenvalue weighted by molar-refractivity contribution is 5.80. The average Bonchev–Trinajstić information content (AvgIpc) is 3.08. The van der Waals surface area contributed by atoms with Gasteiger partial charge in [-0.3, -0.25) is 4.99 Å². The second-order valence-corrected chi connectivity index (χ2v) is 8.23. The van der Waals surface area contributed by atoms with Crippen molar-refractivity contribution in [2.24, 2.45) is 4.99 Å². The van der Waals surface area contributed by atoms with Crippen LogP contribution < -0.4 is 10.2 Å². The Balaban J connectivity index is 1.45. The van der Waals surface area contributed by atoms with E-state index in [0.29, 0.717) is 6.10 Å². The molecular formula is C23H39N5O2. The molecule has 1 aromatic rings. The number of rotatable bonds is 8. The zero-order valence-electron chi connectivity index (χ0n) is 18.8. The fourth-order valence-corrected chi connectivity index (χ4v) is 4.24. The van der Waals surface area contributed by atoms with Crippen molar-refractivity contribution in [3.8, 4) is 0 Å². The lowest BCUT2D eigenvalue weighted by atomic mass is 10.1. The molecule has 0 aliphatic carbocycles. The van der Waals surface area contributed by atoms with Crippen LogP contribution in [0.2, 0.25) is 0 Å². The monoisotopic (exact) mass is 417 g/mol. The molecule has 2 fully saturated rings. The van der Waals surface area contributed by atoms with Crippen molar-refractivity contribution in [2.45, 2.75) is 57.6 Å². The number of aromatic nitrogens is 1. The Labute approximate surface area is 181 Å². The molecule has 0 radical (unpaired) electrons. The van der Waals surface area contributed by atoms with Gasteiger partial charge in [-0.15, -0.1) is 0 Å². The summed E-state index contributed by atoms with van der Waals surface area (Å²) in [6.07, 6.45) is 10.5. The van der Waals surface area contributed by atoms with Gasteiger partial charge < -0.3 is 24.6 Å². The number of aliphatic imine (C=N–C) groups is 1. The number of nitrogens with one attached hydrogen (secondary N) is 1. The van der Waals surface area contributed by atoms with E-state index in [9.17, 15) is 0 Å². The molecule has 0 bridgehead atoms. The van der Waals surface area contributed by atoms with Gasteiger partial charge in [0, 0.05) is 66.3 Å². The normalized spacial score (nSPS) is 19.1. The van der Waals surface area contributed by atoms with Crippen LogP contribution in [0.15, 0.2) is 23.3 Å². The number of ether oxygens (including phenoxy) is 2. The number of nitrogens with zero attached hydrogens (tertiary/aromatic N) is 4. The van der Waals surface area contributed by atoms with Gasteiger partial charge in [0.05, 0.1) is 6.10 Å². The zero-order chi connectivity index (χ0) is 21.0. The molecule has 3 rings (SSSR count). The summed E-state index contributed by atoms with van der Waals surface area (Å²) in [6, 6.07) is 4.33. The molecule has 0 unspecified atom stereocenters. The van der Waals surface area contributed by atoms with Crippen molar-refractivity contribution < 1.29 is 9.47 Å². The summed E-state index contributed by atoms with van der Waals surface area (Å²) in [4.78, 5) is 13.9. The fraction of sp³-hybridized carbons (Fsp3) is 0.739. The van der Waals surface area contributed by atoms with Gasteiger partial charge in [0.2, 0.25) is 0 Å². The number of guanidine groups is 1. The molecule has 0 saturated carbocycles. The third kappa shape index (κ3) is 7.13. The Hall–Kier alpha value is -1.86. The van der Waals surface area contributed by atoms with Gasteiger partial charge in [-0.25, -0.2) is 4.98 Å². The van der Waals surface area contributed by atoms with Crippen LogP contribution >= 0.6 is 0 Å². The van der Waals surface area contributed by atoms with E-state index in [-0.39, 0.29) is 0 Å². The summed E-state index contributed by atoms with van der Waals surface area (Å²) in [5, 5.41) is 3.54. The van der Waals surface area contributed by atoms with E-state index in [0.717, 1.165) is 77.0 Å². The van der Waals surface area contributed by atoms with Crippen LogP contribution in [0.1, 0.15) is 50.5 Å². The predicted octanol–water partition coefficient (Wildman–Crippen LogP) is 3.05. The maximum absolute atomic E-state index is 5.98. The first-order valence-corrected chi connectivity index (χ1v) is 11.6. The lowest BCUT2D eigenvalue weighted by Gasteiger charge is -2.34. The Kier molecular flexibility index (Phi) is 9.70. The first kappa shape index (κ1) is 22.8. The molecule has 2 aliphatic rings. The fourth-order valence-electron chi connectivity index (χ4n) is 4.24. The first-order chi connectivity index (χ1) is 14.8. The summed E-state index contributed by atoms with van der Waals surface area (Å²) in [5.74, 6) is 2.08. The molecule has 0 atom stereocenters. The van der Waals surface area contributed by atoms with Crippen LogP contribution in [0.4, 0.5) is 5.82 Å². The van der Waals surface area contributed by atoms with Gasteiger partial charge in [-0.05, 0) is 49.8 Å². The molecule has 1 N–H and O–H groups in total. The number of pyridine rings is 1. The third-order valence-electron chi connectivity index (χ3n) is 5.99. The SMILES string of the molecule is CN=C(NCc1ccnc(N2CCCCCC2)c1)N1CCC(OCCCOC)CC1. The van der Waals surface area contributed by atoms with Crippen molar-refractivity contribution in [1.29, 1.82) is 0 Å². The van der Waals surface area contributed by atoms with Gasteiger partial charge in [-0.2, -0.15) is 0 Å². The minimum atomic E-state index is 0.354. The highest BCUT2D eigenvalue weighted by Crippen LogP contribution is 2.19. The molecule has 7 nitrogen and oxygen atoms in total. The summed E-state index contributed by atoms with van der Waals surface area (Å²) in [5.41, 5.74) is 1.25. The molecule has 168 valence electrons. The van der Waals surface area contributed by atoms with Crippen LogP contribution in [-0.2, 0) is 16.0 Å². The Morgan fingerprint density at radius 2 is 1.90 bits per heavy atom. The standard InChI is InChI=1S/C23H39N5O2/c1-24-23(28-14-9-21(10-15-28)30-17-7-16-29-2)26-19-20-8-11-25-22(18-20)27-12-5-3-4-6-13-27/h8,11,18,21H,3-7,9-10,12-17,19H2,1-2H3,(H,24,26). The van der Waals surface area contributed by atoms with Crippen molar-refractivity contribution >= 4 is 11.8 Å². The summed E-state index contributed by atoms with van der Waals surface area (Å²) in [7, 11) is 3.60. The van der Waals surface area contributed by atoms with Gasteiger partial charge in [-0.1, -0.05) is 12.8 Å². The Bertz CT molecular complexity index is 638. The molecular weight excluding hydrogens is 378 g/mol. The second-order valence-electron chi connectivity index (χ2n) is 8.23. The van der Waals surface area contributed by atoms with Crippen molar-refractivity contribution in [3.63, 3.8) is 0 Å². The number of piperidine rings is 1. The topological polar surface area (TPSA) is 62.2 Å². The van der Waals surface area contributed by atoms with Gasteiger partial charge in [0.1, 0.15) is 5.82 Å². The minimum Gasteiger partial charge on any atom is -0.385 e.